The molecule has 1 heterocycles. The Labute approximate surface area is 109 Å². The summed E-state index contributed by atoms with van der Waals surface area (Å²) in [6.07, 6.45) is 5.77. The first-order chi connectivity index (χ1) is 8.72. The van der Waals surface area contributed by atoms with Crippen LogP contribution in [0.4, 0.5) is 0 Å². The van der Waals surface area contributed by atoms with E-state index in [1.807, 2.05) is 4.90 Å². The molecule has 0 saturated heterocycles. The van der Waals surface area contributed by atoms with E-state index >= 15 is 0 Å². The Bertz CT molecular complexity index is 352. The van der Waals surface area contributed by atoms with Gasteiger partial charge in [0.15, 0.2) is 0 Å². The van der Waals surface area contributed by atoms with E-state index in [1.54, 1.807) is 6.07 Å². The number of hydrogen-bond acceptors (Lipinski definition) is 3. The van der Waals surface area contributed by atoms with E-state index in [2.05, 4.69) is 13.8 Å². The fraction of sp³-hybridized carbons (Fsp3) is 0.643. The minimum absolute atomic E-state index is 0.0559. The molecular formula is C14H24N2O2. The number of unbranched alkanes of at least 4 members (excludes halogenated alkanes) is 2. The van der Waals surface area contributed by atoms with Gasteiger partial charge in [-0.1, -0.05) is 26.7 Å². The molecule has 4 nitrogen and oxygen atoms in total. The zero-order valence-corrected chi connectivity index (χ0v) is 11.4. The monoisotopic (exact) mass is 252 g/mol. The summed E-state index contributed by atoms with van der Waals surface area (Å²) < 4.78 is 5.22. The molecule has 0 aliphatic carbocycles. The van der Waals surface area contributed by atoms with Crippen molar-refractivity contribution < 1.29 is 9.21 Å². The van der Waals surface area contributed by atoms with Gasteiger partial charge >= 0.3 is 0 Å². The third-order valence-electron chi connectivity index (χ3n) is 2.95. The molecule has 1 aromatic heterocycles. The molecule has 2 N–H and O–H groups in total. The van der Waals surface area contributed by atoms with E-state index in [4.69, 9.17) is 10.2 Å². The van der Waals surface area contributed by atoms with E-state index in [-0.39, 0.29) is 5.91 Å². The van der Waals surface area contributed by atoms with Crippen molar-refractivity contribution in [3.05, 3.63) is 23.7 Å². The molecule has 4 heteroatoms. The second-order valence-electron chi connectivity index (χ2n) is 4.51. The molecule has 0 bridgehead atoms. The molecule has 1 amide bonds. The highest BCUT2D eigenvalue weighted by molar-refractivity contribution is 5.94. The highest BCUT2D eigenvalue weighted by Crippen LogP contribution is 2.12. The Hall–Kier alpha value is -1.29. The van der Waals surface area contributed by atoms with Crippen LogP contribution in [0, 0.1) is 0 Å². The number of furan rings is 1. The van der Waals surface area contributed by atoms with Crippen LogP contribution in [0.2, 0.25) is 0 Å². The van der Waals surface area contributed by atoms with Gasteiger partial charge in [-0.3, -0.25) is 4.79 Å². The summed E-state index contributed by atoms with van der Waals surface area (Å²) in [4.78, 5) is 14.2. The largest absolute Gasteiger partial charge is 0.467 e. The summed E-state index contributed by atoms with van der Waals surface area (Å²) in [5.74, 6) is 0.713. The molecule has 18 heavy (non-hydrogen) atoms. The van der Waals surface area contributed by atoms with Crippen molar-refractivity contribution in [2.45, 2.75) is 46.1 Å². The van der Waals surface area contributed by atoms with Gasteiger partial charge in [0, 0.05) is 13.1 Å². The summed E-state index contributed by atoms with van der Waals surface area (Å²) in [7, 11) is 0. The Kier molecular flexibility index (Phi) is 6.50. The van der Waals surface area contributed by atoms with Gasteiger partial charge in [0.05, 0.1) is 12.1 Å². The molecule has 0 aliphatic heterocycles. The normalized spacial score (nSPS) is 10.6. The lowest BCUT2D eigenvalue weighted by molar-refractivity contribution is 0.0750. The molecule has 0 aliphatic rings. The average molecular weight is 252 g/mol. The summed E-state index contributed by atoms with van der Waals surface area (Å²) in [5, 5.41) is 0. The lowest BCUT2D eigenvalue weighted by atomic mass is 10.2. The first kappa shape index (κ1) is 14.8. The van der Waals surface area contributed by atoms with Crippen LogP contribution in [0.1, 0.15) is 55.6 Å². The van der Waals surface area contributed by atoms with Crippen LogP contribution in [0.3, 0.4) is 0 Å². The highest BCUT2D eigenvalue weighted by Gasteiger charge is 2.16. The van der Waals surface area contributed by atoms with Crippen LogP contribution in [-0.2, 0) is 6.54 Å². The zero-order valence-electron chi connectivity index (χ0n) is 11.4. The number of nitrogens with two attached hydrogens (primary N) is 1. The minimum atomic E-state index is 0.0559. The predicted molar refractivity (Wildman–Crippen MR) is 72.3 cm³/mol. The number of carbonyl (C=O) groups is 1. The molecule has 0 aromatic carbocycles. The Morgan fingerprint density at radius 1 is 1.28 bits per heavy atom. The van der Waals surface area contributed by atoms with Crippen molar-refractivity contribution in [1.29, 1.82) is 0 Å². The van der Waals surface area contributed by atoms with Gasteiger partial charge in [0.2, 0.25) is 0 Å². The summed E-state index contributed by atoms with van der Waals surface area (Å²) in [6.45, 7) is 6.23. The van der Waals surface area contributed by atoms with E-state index < -0.39 is 0 Å². The van der Waals surface area contributed by atoms with Crippen LogP contribution in [0.25, 0.3) is 0 Å². The number of rotatable bonds is 8. The molecule has 1 aromatic rings. The van der Waals surface area contributed by atoms with Crippen molar-refractivity contribution in [1.82, 2.24) is 4.90 Å². The minimum Gasteiger partial charge on any atom is -0.467 e. The summed E-state index contributed by atoms with van der Waals surface area (Å²) in [5.41, 5.74) is 6.09. The predicted octanol–water partition coefficient (Wildman–Crippen LogP) is 2.78. The van der Waals surface area contributed by atoms with E-state index in [9.17, 15) is 4.79 Å². The highest BCUT2D eigenvalue weighted by atomic mass is 16.3. The lowest BCUT2D eigenvalue weighted by Gasteiger charge is -2.21. The van der Waals surface area contributed by atoms with E-state index in [0.29, 0.717) is 17.9 Å². The lowest BCUT2D eigenvalue weighted by Crippen LogP contribution is -2.32. The third-order valence-corrected chi connectivity index (χ3v) is 2.95. The van der Waals surface area contributed by atoms with Gasteiger partial charge in [-0.15, -0.1) is 0 Å². The van der Waals surface area contributed by atoms with Gasteiger partial charge in [0.25, 0.3) is 5.91 Å². The van der Waals surface area contributed by atoms with Crippen LogP contribution < -0.4 is 5.73 Å². The average Bonchev–Trinajstić information content (AvgIpc) is 2.87. The number of nitrogens with zero attached hydrogens (tertiary/aromatic N) is 1. The second-order valence-corrected chi connectivity index (χ2v) is 4.51. The number of hydrogen-bond donors (Lipinski definition) is 1. The summed E-state index contributed by atoms with van der Waals surface area (Å²) in [6, 6.07) is 1.74. The first-order valence-electron chi connectivity index (χ1n) is 6.79. The molecule has 0 radical (unpaired) electrons. The van der Waals surface area contributed by atoms with E-state index in [0.717, 1.165) is 38.8 Å². The van der Waals surface area contributed by atoms with E-state index in [1.165, 1.54) is 6.26 Å². The van der Waals surface area contributed by atoms with Gasteiger partial charge in [-0.2, -0.15) is 0 Å². The molecule has 1 rings (SSSR count). The van der Waals surface area contributed by atoms with Crippen LogP contribution in [-0.4, -0.2) is 23.9 Å². The van der Waals surface area contributed by atoms with Crippen molar-refractivity contribution in [3.8, 4) is 0 Å². The molecule has 0 spiro atoms. The quantitative estimate of drug-likeness (QED) is 0.774. The smallest absolute Gasteiger partial charge is 0.257 e. The fourth-order valence-corrected chi connectivity index (χ4v) is 1.80. The second kappa shape index (κ2) is 7.93. The maximum atomic E-state index is 12.3. The van der Waals surface area contributed by atoms with Crippen molar-refractivity contribution in [2.24, 2.45) is 5.73 Å². The number of amides is 1. The Balaban J connectivity index is 2.67. The molecule has 0 saturated carbocycles. The van der Waals surface area contributed by atoms with Gasteiger partial charge in [-0.25, -0.2) is 0 Å². The fourth-order valence-electron chi connectivity index (χ4n) is 1.80. The maximum Gasteiger partial charge on any atom is 0.257 e. The van der Waals surface area contributed by atoms with Crippen LogP contribution in [0.5, 0.6) is 0 Å². The van der Waals surface area contributed by atoms with Gasteiger partial charge < -0.3 is 15.1 Å². The van der Waals surface area contributed by atoms with Crippen molar-refractivity contribution >= 4 is 5.91 Å². The van der Waals surface area contributed by atoms with Gasteiger partial charge in [0.1, 0.15) is 12.0 Å². The summed E-state index contributed by atoms with van der Waals surface area (Å²) >= 11 is 0. The van der Waals surface area contributed by atoms with Gasteiger partial charge in [-0.05, 0) is 18.9 Å². The number of carbonyl (C=O) groups excluding carboxylic acids is 1. The Morgan fingerprint density at radius 3 is 2.33 bits per heavy atom. The molecular weight excluding hydrogens is 228 g/mol. The SMILES string of the molecule is CCCCN(CCCC)C(=O)c1coc(CN)c1. The maximum absolute atomic E-state index is 12.3. The van der Waals surface area contributed by atoms with Crippen molar-refractivity contribution in [3.63, 3.8) is 0 Å². The Morgan fingerprint density at radius 2 is 1.89 bits per heavy atom. The molecule has 0 fully saturated rings. The standard InChI is InChI=1S/C14H24N2O2/c1-3-5-7-16(8-6-4-2)14(17)12-9-13(10-15)18-11-12/h9,11H,3-8,10,15H2,1-2H3. The van der Waals surface area contributed by atoms with Crippen LogP contribution in [0.15, 0.2) is 16.7 Å². The first-order valence-corrected chi connectivity index (χ1v) is 6.79. The van der Waals surface area contributed by atoms with Crippen LogP contribution >= 0.6 is 0 Å². The molecule has 0 unspecified atom stereocenters. The van der Waals surface area contributed by atoms with Crippen molar-refractivity contribution in [2.75, 3.05) is 13.1 Å². The molecule has 0 atom stereocenters. The molecule has 102 valence electrons. The third kappa shape index (κ3) is 4.18. The zero-order chi connectivity index (χ0) is 13.4. The topological polar surface area (TPSA) is 59.5 Å².